The van der Waals surface area contributed by atoms with Crippen LogP contribution in [0.1, 0.15) is 31.7 Å². The molecule has 0 aliphatic heterocycles. The van der Waals surface area contributed by atoms with Crippen molar-refractivity contribution >= 4 is 11.7 Å². The average molecular weight is 253 g/mol. The van der Waals surface area contributed by atoms with E-state index in [0.29, 0.717) is 30.7 Å². The van der Waals surface area contributed by atoms with E-state index in [1.807, 2.05) is 0 Å². The Morgan fingerprint density at radius 1 is 1.33 bits per heavy atom. The minimum absolute atomic E-state index is 0.270. The fraction of sp³-hybridized carbons (Fsp3) is 0.385. The van der Waals surface area contributed by atoms with Crippen molar-refractivity contribution in [1.82, 2.24) is 0 Å². The summed E-state index contributed by atoms with van der Waals surface area (Å²) in [5.74, 6) is -0.614. The molecule has 0 saturated heterocycles. The number of ether oxygens (including phenoxy) is 1. The first-order valence-corrected chi connectivity index (χ1v) is 5.80. The summed E-state index contributed by atoms with van der Waals surface area (Å²) in [6.45, 7) is 2.11. The fourth-order valence-corrected chi connectivity index (χ4v) is 1.53. The van der Waals surface area contributed by atoms with E-state index in [1.165, 1.54) is 24.3 Å². The van der Waals surface area contributed by atoms with Gasteiger partial charge in [0.2, 0.25) is 0 Å². The molecule has 0 aliphatic carbocycles. The molecule has 0 bridgehead atoms. The summed E-state index contributed by atoms with van der Waals surface area (Å²) in [4.78, 5) is 11.1. The van der Waals surface area contributed by atoms with E-state index in [0.717, 1.165) is 0 Å². The molecule has 0 radical (unpaired) electrons. The molecule has 0 saturated carbocycles. The number of benzene rings is 1. The maximum Gasteiger partial charge on any atom is 0.305 e. The van der Waals surface area contributed by atoms with Crippen LogP contribution in [0.5, 0.6) is 0 Å². The molecule has 0 fully saturated rings. The number of hydrogen-bond donors (Lipinski definition) is 1. The largest absolute Gasteiger partial charge is 0.466 e. The molecule has 18 heavy (non-hydrogen) atoms. The molecule has 1 aromatic rings. The molecule has 0 heterocycles. The van der Waals surface area contributed by atoms with E-state index < -0.39 is 0 Å². The molecule has 98 valence electrons. The number of hydrogen-bond acceptors (Lipinski definition) is 4. The van der Waals surface area contributed by atoms with Crippen molar-refractivity contribution in [1.29, 1.82) is 0 Å². The Morgan fingerprint density at radius 2 is 2.00 bits per heavy atom. The average Bonchev–Trinajstić information content (AvgIpc) is 2.36. The molecule has 0 amide bonds. The lowest BCUT2D eigenvalue weighted by Gasteiger charge is -2.05. The van der Waals surface area contributed by atoms with Gasteiger partial charge >= 0.3 is 5.97 Å². The number of nitrogens with zero attached hydrogens (tertiary/aromatic N) is 1. The van der Waals surface area contributed by atoms with Crippen molar-refractivity contribution < 1.29 is 19.1 Å². The summed E-state index contributed by atoms with van der Waals surface area (Å²) in [5, 5.41) is 12.1. The first-order chi connectivity index (χ1) is 8.67. The van der Waals surface area contributed by atoms with E-state index in [9.17, 15) is 9.18 Å². The number of esters is 1. The summed E-state index contributed by atoms with van der Waals surface area (Å²) in [6, 6.07) is 5.67. The topological polar surface area (TPSA) is 58.9 Å². The maximum atomic E-state index is 12.7. The molecule has 0 spiro atoms. The van der Waals surface area contributed by atoms with E-state index >= 15 is 0 Å². The van der Waals surface area contributed by atoms with Gasteiger partial charge in [-0.3, -0.25) is 4.79 Å². The first-order valence-electron chi connectivity index (χ1n) is 5.80. The lowest BCUT2D eigenvalue weighted by atomic mass is 10.0. The molecular formula is C13H16FNO3. The third-order valence-electron chi connectivity index (χ3n) is 2.40. The first kappa shape index (κ1) is 14.2. The fourth-order valence-electron chi connectivity index (χ4n) is 1.53. The SMILES string of the molecule is CCOC(=O)CCC/C(=N\O)c1ccc(F)cc1. The number of carbonyl (C=O) groups excluding carboxylic acids is 1. The molecule has 4 nitrogen and oxygen atoms in total. The highest BCUT2D eigenvalue weighted by molar-refractivity contribution is 6.00. The van der Waals surface area contributed by atoms with Gasteiger partial charge in [0, 0.05) is 6.42 Å². The van der Waals surface area contributed by atoms with Gasteiger partial charge in [-0.05, 0) is 37.5 Å². The van der Waals surface area contributed by atoms with Gasteiger partial charge in [0.15, 0.2) is 0 Å². The Kier molecular flexibility index (Phi) is 5.84. The van der Waals surface area contributed by atoms with Gasteiger partial charge in [-0.25, -0.2) is 4.39 Å². The van der Waals surface area contributed by atoms with Crippen LogP contribution in [0.3, 0.4) is 0 Å². The molecule has 1 N–H and O–H groups in total. The maximum absolute atomic E-state index is 12.7. The summed E-state index contributed by atoms with van der Waals surface area (Å²) in [7, 11) is 0. The van der Waals surface area contributed by atoms with Crippen LogP contribution in [0.15, 0.2) is 29.4 Å². The minimum atomic E-state index is -0.345. The van der Waals surface area contributed by atoms with Gasteiger partial charge in [-0.1, -0.05) is 17.3 Å². The number of oxime groups is 1. The predicted octanol–water partition coefficient (Wildman–Crippen LogP) is 2.74. The van der Waals surface area contributed by atoms with Crippen LogP contribution in [0.2, 0.25) is 0 Å². The van der Waals surface area contributed by atoms with Gasteiger partial charge < -0.3 is 9.94 Å². The van der Waals surface area contributed by atoms with Crippen LogP contribution < -0.4 is 0 Å². The monoisotopic (exact) mass is 253 g/mol. The Balaban J connectivity index is 2.48. The van der Waals surface area contributed by atoms with Crippen LogP contribution >= 0.6 is 0 Å². The highest BCUT2D eigenvalue weighted by atomic mass is 19.1. The zero-order valence-electron chi connectivity index (χ0n) is 10.2. The Morgan fingerprint density at radius 3 is 2.56 bits per heavy atom. The lowest BCUT2D eigenvalue weighted by Crippen LogP contribution is -2.06. The van der Waals surface area contributed by atoms with E-state index in [1.54, 1.807) is 6.92 Å². The Hall–Kier alpha value is -1.91. The standard InChI is InChI=1S/C13H16FNO3/c1-2-18-13(16)5-3-4-12(15-17)10-6-8-11(14)9-7-10/h6-9,17H,2-5H2,1H3/b15-12+. The third-order valence-corrected chi connectivity index (χ3v) is 2.40. The molecule has 5 heteroatoms. The van der Waals surface area contributed by atoms with Crippen LogP contribution in [0.25, 0.3) is 0 Å². The highest BCUT2D eigenvalue weighted by Gasteiger charge is 2.07. The van der Waals surface area contributed by atoms with Crippen LogP contribution in [0, 0.1) is 5.82 Å². The second-order valence-electron chi connectivity index (χ2n) is 3.71. The number of halogens is 1. The van der Waals surface area contributed by atoms with Crippen molar-refractivity contribution in [2.75, 3.05) is 6.61 Å². The number of rotatable bonds is 6. The van der Waals surface area contributed by atoms with Gasteiger partial charge in [0.25, 0.3) is 0 Å². The molecule has 1 rings (SSSR count). The van der Waals surface area contributed by atoms with Gasteiger partial charge in [-0.15, -0.1) is 0 Å². The molecule has 0 atom stereocenters. The van der Waals surface area contributed by atoms with Crippen LogP contribution in [0.4, 0.5) is 4.39 Å². The van der Waals surface area contributed by atoms with E-state index in [4.69, 9.17) is 9.94 Å². The van der Waals surface area contributed by atoms with Crippen molar-refractivity contribution in [2.24, 2.45) is 5.16 Å². The Labute approximate surface area is 105 Å². The summed E-state index contributed by atoms with van der Waals surface area (Å²) < 4.78 is 17.5. The second kappa shape index (κ2) is 7.42. The minimum Gasteiger partial charge on any atom is -0.466 e. The predicted molar refractivity (Wildman–Crippen MR) is 65.2 cm³/mol. The van der Waals surface area contributed by atoms with E-state index in [-0.39, 0.29) is 18.2 Å². The van der Waals surface area contributed by atoms with E-state index in [2.05, 4.69) is 5.16 Å². The molecule has 0 aromatic heterocycles. The quantitative estimate of drug-likeness (QED) is 0.367. The van der Waals surface area contributed by atoms with Crippen molar-refractivity contribution in [3.05, 3.63) is 35.6 Å². The highest BCUT2D eigenvalue weighted by Crippen LogP contribution is 2.10. The molecule has 0 aliphatic rings. The summed E-state index contributed by atoms with van der Waals surface area (Å²) in [5.41, 5.74) is 1.07. The zero-order valence-corrected chi connectivity index (χ0v) is 10.2. The number of carbonyl (C=O) groups is 1. The lowest BCUT2D eigenvalue weighted by molar-refractivity contribution is -0.143. The van der Waals surface area contributed by atoms with Crippen LogP contribution in [-0.4, -0.2) is 23.5 Å². The summed E-state index contributed by atoms with van der Waals surface area (Å²) in [6.07, 6.45) is 1.23. The van der Waals surface area contributed by atoms with Crippen molar-refractivity contribution in [3.8, 4) is 0 Å². The van der Waals surface area contributed by atoms with Crippen LogP contribution in [-0.2, 0) is 9.53 Å². The van der Waals surface area contributed by atoms with Gasteiger partial charge in [0.1, 0.15) is 5.82 Å². The molecule has 1 aromatic carbocycles. The third kappa shape index (κ3) is 4.53. The summed E-state index contributed by atoms with van der Waals surface area (Å²) >= 11 is 0. The normalized spacial score (nSPS) is 11.3. The van der Waals surface area contributed by atoms with Crippen molar-refractivity contribution in [3.63, 3.8) is 0 Å². The van der Waals surface area contributed by atoms with Crippen molar-refractivity contribution in [2.45, 2.75) is 26.2 Å². The zero-order chi connectivity index (χ0) is 13.4. The van der Waals surface area contributed by atoms with Gasteiger partial charge in [-0.2, -0.15) is 0 Å². The molecular weight excluding hydrogens is 237 g/mol. The second-order valence-corrected chi connectivity index (χ2v) is 3.71. The van der Waals surface area contributed by atoms with Gasteiger partial charge in [0.05, 0.1) is 12.3 Å². The smallest absolute Gasteiger partial charge is 0.305 e. The Bertz CT molecular complexity index is 415. The molecule has 0 unspecified atom stereocenters.